The van der Waals surface area contributed by atoms with Gasteiger partial charge in [-0.1, -0.05) is 33.2 Å². The van der Waals surface area contributed by atoms with Crippen LogP contribution in [0.15, 0.2) is 0 Å². The number of aliphatic hydroxyl groups is 2. The standard InChI is InChI=1S/C13H23NO3.W.Y/c1-5-13(17)8(3)7(2)12(6-10(15)14-12)9(4)11(13)16;;/h7-9,11,16-17H,5-6H2,1-4H3,(H,14,15);;/p-1. The topological polar surface area (TPSA) is 71.6 Å². The summed E-state index contributed by atoms with van der Waals surface area (Å²) in [6.07, 6.45) is 0.125. The molecule has 2 fully saturated rings. The molecule has 1 heterocycles. The van der Waals surface area contributed by atoms with Crippen molar-refractivity contribution in [1.82, 2.24) is 0 Å². The smallest absolute Gasteiger partial charge is 0.0932 e. The van der Waals surface area contributed by atoms with E-state index in [-0.39, 0.29) is 77.4 Å². The number of β-lactam (4-membered cyclic amide) rings is 1. The van der Waals surface area contributed by atoms with Crippen molar-refractivity contribution in [3.63, 3.8) is 0 Å². The number of hydrogen-bond acceptors (Lipinski definition) is 3. The second-order valence-electron chi connectivity index (χ2n) is 5.83. The SMILES string of the molecule is CCC1(O)C(C)C(C)C2(CC(=O)[N-]2)C(C)C1O.[W].[Y]. The van der Waals surface area contributed by atoms with Crippen molar-refractivity contribution in [2.75, 3.05) is 0 Å². The minimum Gasteiger partial charge on any atom is -0.647 e. The Kier molecular flexibility index (Phi) is 6.93. The van der Waals surface area contributed by atoms with Gasteiger partial charge >= 0.3 is 0 Å². The van der Waals surface area contributed by atoms with Gasteiger partial charge in [-0.25, -0.2) is 0 Å². The molecule has 2 rings (SSSR count). The molecule has 0 bridgehead atoms. The fraction of sp³-hybridized carbons (Fsp3) is 0.923. The number of hydrogen-bond donors (Lipinski definition) is 2. The fourth-order valence-electron chi connectivity index (χ4n) is 3.78. The van der Waals surface area contributed by atoms with Crippen LogP contribution < -0.4 is 0 Å². The van der Waals surface area contributed by atoms with Crippen molar-refractivity contribution in [2.24, 2.45) is 17.8 Å². The van der Waals surface area contributed by atoms with Crippen LogP contribution in [0.1, 0.15) is 40.5 Å². The molecule has 107 valence electrons. The number of carbonyl (C=O) groups excluding carboxylic acids is 1. The third-order valence-corrected chi connectivity index (χ3v) is 5.43. The zero-order valence-corrected chi connectivity index (χ0v) is 17.7. The molecule has 2 aliphatic rings. The molecular weight excluding hydrogens is 491 g/mol. The van der Waals surface area contributed by atoms with Crippen LogP contribution in [0.5, 0.6) is 0 Å². The van der Waals surface area contributed by atoms with Gasteiger partial charge in [0.05, 0.1) is 17.6 Å². The molecular formula is C13H22NO3WY-. The van der Waals surface area contributed by atoms with E-state index in [2.05, 4.69) is 5.32 Å². The Morgan fingerprint density at radius 3 is 2.11 bits per heavy atom. The van der Waals surface area contributed by atoms with Crippen LogP contribution in [0.4, 0.5) is 0 Å². The third-order valence-electron chi connectivity index (χ3n) is 5.43. The first-order chi connectivity index (χ1) is 7.79. The summed E-state index contributed by atoms with van der Waals surface area (Å²) in [4.78, 5) is 11.2. The molecule has 1 aliphatic heterocycles. The fourth-order valence-corrected chi connectivity index (χ4v) is 3.78. The quantitative estimate of drug-likeness (QED) is 0.522. The molecule has 1 aliphatic carbocycles. The van der Waals surface area contributed by atoms with E-state index < -0.39 is 17.2 Å². The van der Waals surface area contributed by atoms with Crippen LogP contribution in [-0.2, 0) is 58.6 Å². The van der Waals surface area contributed by atoms with Crippen molar-refractivity contribution >= 4 is 5.91 Å². The maximum Gasteiger partial charge on any atom is 0.0932 e. The molecule has 6 heteroatoms. The van der Waals surface area contributed by atoms with E-state index in [0.717, 1.165) is 0 Å². The van der Waals surface area contributed by atoms with Crippen LogP contribution in [0.2, 0.25) is 0 Å². The maximum absolute atomic E-state index is 11.2. The first kappa shape index (κ1) is 20.2. The summed E-state index contributed by atoms with van der Waals surface area (Å²) in [5, 5.41) is 25.1. The van der Waals surface area contributed by atoms with Gasteiger partial charge < -0.3 is 20.3 Å². The molecule has 2 N–H and O–H groups in total. The van der Waals surface area contributed by atoms with Crippen LogP contribution >= 0.6 is 0 Å². The minimum absolute atomic E-state index is 0. The van der Waals surface area contributed by atoms with Crippen molar-refractivity contribution in [3.8, 4) is 0 Å². The first-order valence-corrected chi connectivity index (χ1v) is 6.45. The molecule has 1 spiro atoms. The van der Waals surface area contributed by atoms with Gasteiger partial charge in [0.25, 0.3) is 0 Å². The first-order valence-electron chi connectivity index (χ1n) is 6.45. The summed E-state index contributed by atoms with van der Waals surface area (Å²) < 4.78 is 0. The zero-order valence-electron chi connectivity index (χ0n) is 12.0. The van der Waals surface area contributed by atoms with E-state index in [0.29, 0.717) is 12.8 Å². The predicted octanol–water partition coefficient (Wildman–Crippen LogP) is 1.45. The van der Waals surface area contributed by atoms with Gasteiger partial charge in [-0.3, -0.25) is 0 Å². The molecule has 1 radical (unpaired) electrons. The predicted molar refractivity (Wildman–Crippen MR) is 64.5 cm³/mol. The van der Waals surface area contributed by atoms with E-state index in [4.69, 9.17) is 0 Å². The van der Waals surface area contributed by atoms with Crippen LogP contribution in [0.25, 0.3) is 5.32 Å². The van der Waals surface area contributed by atoms with Crippen LogP contribution in [0, 0.1) is 17.8 Å². The van der Waals surface area contributed by atoms with Crippen molar-refractivity contribution in [1.29, 1.82) is 0 Å². The second-order valence-corrected chi connectivity index (χ2v) is 5.83. The normalized spacial score (nSPS) is 48.6. The van der Waals surface area contributed by atoms with Gasteiger partial charge in [-0.05, 0) is 30.6 Å². The minimum atomic E-state index is -1.06. The largest absolute Gasteiger partial charge is 0.647 e. The van der Waals surface area contributed by atoms with Crippen molar-refractivity contribution in [2.45, 2.75) is 57.8 Å². The Bertz CT molecular complexity index is 327. The van der Waals surface area contributed by atoms with E-state index >= 15 is 0 Å². The summed E-state index contributed by atoms with van der Waals surface area (Å²) in [6.45, 7) is 7.76. The Labute approximate surface area is 154 Å². The number of aliphatic hydroxyl groups excluding tert-OH is 1. The summed E-state index contributed by atoms with van der Waals surface area (Å²) in [5.74, 6) is -0.194. The Morgan fingerprint density at radius 1 is 1.26 bits per heavy atom. The number of amides is 1. The summed E-state index contributed by atoms with van der Waals surface area (Å²) in [6, 6.07) is 0. The molecule has 1 saturated heterocycles. The molecule has 6 unspecified atom stereocenters. The van der Waals surface area contributed by atoms with Gasteiger partial charge in [0.2, 0.25) is 0 Å². The van der Waals surface area contributed by atoms with Crippen molar-refractivity contribution < 1.29 is 68.8 Å². The van der Waals surface area contributed by atoms with Gasteiger partial charge in [-0.15, -0.1) is 0 Å². The van der Waals surface area contributed by atoms with Gasteiger partial charge in [0.1, 0.15) is 0 Å². The van der Waals surface area contributed by atoms with Gasteiger partial charge in [0.15, 0.2) is 0 Å². The van der Waals surface area contributed by atoms with E-state index in [9.17, 15) is 15.0 Å². The van der Waals surface area contributed by atoms with Crippen LogP contribution in [0.3, 0.4) is 0 Å². The van der Waals surface area contributed by atoms with E-state index in [1.165, 1.54) is 0 Å². The Morgan fingerprint density at radius 2 is 1.74 bits per heavy atom. The molecule has 0 aromatic heterocycles. The zero-order chi connectivity index (χ0) is 13.0. The summed E-state index contributed by atoms with van der Waals surface area (Å²) >= 11 is 0. The molecule has 4 nitrogen and oxygen atoms in total. The molecule has 1 amide bonds. The average Bonchev–Trinajstić information content (AvgIpc) is 2.28. The maximum atomic E-state index is 11.2. The monoisotopic (exact) mass is 513 g/mol. The molecule has 6 atom stereocenters. The molecule has 0 aromatic rings. The summed E-state index contributed by atoms with van der Waals surface area (Å²) in [7, 11) is 0. The number of carbonyl (C=O) groups is 1. The Hall–Kier alpha value is 1.18. The van der Waals surface area contributed by atoms with E-state index in [1.54, 1.807) is 0 Å². The Balaban J connectivity index is 0.00000162. The molecule has 1 saturated carbocycles. The summed E-state index contributed by atoms with van der Waals surface area (Å²) in [5.41, 5.74) is -1.50. The third kappa shape index (κ3) is 2.66. The molecule has 19 heavy (non-hydrogen) atoms. The van der Waals surface area contributed by atoms with E-state index in [1.807, 2.05) is 27.7 Å². The van der Waals surface area contributed by atoms with Gasteiger partial charge in [0, 0.05) is 53.8 Å². The van der Waals surface area contributed by atoms with Crippen molar-refractivity contribution in [3.05, 3.63) is 5.32 Å². The number of rotatable bonds is 1. The van der Waals surface area contributed by atoms with Gasteiger partial charge in [-0.2, -0.15) is 0 Å². The average molecular weight is 513 g/mol. The second kappa shape index (κ2) is 6.52. The van der Waals surface area contributed by atoms with Crippen LogP contribution in [-0.4, -0.2) is 33.4 Å². The number of nitrogens with zero attached hydrogens (tertiary/aromatic N) is 1. The molecule has 0 aromatic carbocycles.